The molecular weight excluding hydrogens is 342 g/mol. The molecule has 3 aromatic rings. The third-order valence-electron chi connectivity index (χ3n) is 4.70. The second-order valence-corrected chi connectivity index (χ2v) is 6.62. The lowest BCUT2D eigenvalue weighted by Gasteiger charge is -2.24. The summed E-state index contributed by atoms with van der Waals surface area (Å²) in [7, 11) is 1.80. The first kappa shape index (κ1) is 18.7. The summed E-state index contributed by atoms with van der Waals surface area (Å²) >= 11 is 0. The van der Waals surface area contributed by atoms with Crippen molar-refractivity contribution in [1.82, 2.24) is 24.4 Å². The molecule has 0 spiro atoms. The molecule has 0 N–H and O–H groups in total. The summed E-state index contributed by atoms with van der Waals surface area (Å²) < 4.78 is 1.57. The maximum absolute atomic E-state index is 12.5. The maximum Gasteiger partial charge on any atom is 0.261 e. The zero-order chi connectivity index (χ0) is 19.2. The van der Waals surface area contributed by atoms with E-state index >= 15 is 0 Å². The number of aromatic nitrogens is 4. The van der Waals surface area contributed by atoms with Crippen molar-refractivity contribution in [2.24, 2.45) is 0 Å². The van der Waals surface area contributed by atoms with Crippen LogP contribution in [0.3, 0.4) is 0 Å². The van der Waals surface area contributed by atoms with Crippen molar-refractivity contribution in [3.05, 3.63) is 65.2 Å². The van der Waals surface area contributed by atoms with Crippen LogP contribution in [0, 0.1) is 0 Å². The third-order valence-corrected chi connectivity index (χ3v) is 4.70. The van der Waals surface area contributed by atoms with E-state index in [0.717, 1.165) is 5.69 Å². The van der Waals surface area contributed by atoms with Crippen molar-refractivity contribution in [3.63, 3.8) is 0 Å². The number of benzene rings is 1. The van der Waals surface area contributed by atoms with Crippen molar-refractivity contribution in [2.45, 2.75) is 38.8 Å². The van der Waals surface area contributed by atoms with E-state index in [4.69, 9.17) is 0 Å². The minimum absolute atomic E-state index is 0.0271. The second-order valence-electron chi connectivity index (χ2n) is 6.62. The Morgan fingerprint density at radius 2 is 2.04 bits per heavy atom. The lowest BCUT2D eigenvalue weighted by molar-refractivity contribution is -0.131. The monoisotopic (exact) mass is 365 g/mol. The molecule has 0 aliphatic heterocycles. The zero-order valence-corrected chi connectivity index (χ0v) is 15.6. The SMILES string of the molecule is C[C@H](Cc1cnccn1)N(C)C(=O)CCCn1cnc2ccccc2c1=O. The van der Waals surface area contributed by atoms with Crippen molar-refractivity contribution in [3.8, 4) is 0 Å². The second kappa shape index (κ2) is 8.53. The van der Waals surface area contributed by atoms with Crippen LogP contribution in [0.4, 0.5) is 0 Å². The van der Waals surface area contributed by atoms with Crippen molar-refractivity contribution < 1.29 is 4.79 Å². The highest BCUT2D eigenvalue weighted by molar-refractivity contribution is 5.77. The van der Waals surface area contributed by atoms with Crippen LogP contribution in [0.2, 0.25) is 0 Å². The lowest BCUT2D eigenvalue weighted by atomic mass is 10.1. The standard InChI is InChI=1S/C20H23N5O2/c1-15(12-16-13-21-9-10-22-16)24(2)19(26)8-5-11-25-14-23-18-7-4-3-6-17(18)20(25)27/h3-4,6-7,9-10,13-15H,5,8,11-12H2,1-2H3/t15-/m1/s1. The van der Waals surface area contributed by atoms with Gasteiger partial charge < -0.3 is 4.90 Å². The van der Waals surface area contributed by atoms with Crippen LogP contribution in [0.1, 0.15) is 25.5 Å². The van der Waals surface area contributed by atoms with E-state index in [0.29, 0.717) is 36.7 Å². The molecular formula is C20H23N5O2. The van der Waals surface area contributed by atoms with Gasteiger partial charge in [-0.2, -0.15) is 0 Å². The zero-order valence-electron chi connectivity index (χ0n) is 15.6. The summed E-state index contributed by atoms with van der Waals surface area (Å²) in [5.41, 5.74) is 1.48. The van der Waals surface area contributed by atoms with E-state index in [-0.39, 0.29) is 17.5 Å². The summed E-state index contributed by atoms with van der Waals surface area (Å²) in [4.78, 5) is 39.3. The van der Waals surface area contributed by atoms with Gasteiger partial charge in [-0.1, -0.05) is 12.1 Å². The molecule has 0 unspecified atom stereocenters. The molecule has 0 bridgehead atoms. The molecule has 27 heavy (non-hydrogen) atoms. The van der Waals surface area contributed by atoms with E-state index in [1.807, 2.05) is 25.1 Å². The number of rotatable bonds is 7. The molecule has 2 heterocycles. The Morgan fingerprint density at radius 1 is 1.22 bits per heavy atom. The molecule has 1 amide bonds. The average Bonchev–Trinajstić information content (AvgIpc) is 2.70. The van der Waals surface area contributed by atoms with Gasteiger partial charge in [0.1, 0.15) is 0 Å². The fourth-order valence-electron chi connectivity index (χ4n) is 2.96. The Kier molecular flexibility index (Phi) is 5.90. The Morgan fingerprint density at radius 3 is 2.81 bits per heavy atom. The average molecular weight is 365 g/mol. The summed E-state index contributed by atoms with van der Waals surface area (Å²) in [6, 6.07) is 7.30. The number of likely N-dealkylation sites (N-methyl/N-ethyl adjacent to an activating group) is 1. The number of aryl methyl sites for hydroxylation is 1. The van der Waals surface area contributed by atoms with Crippen LogP contribution < -0.4 is 5.56 Å². The smallest absolute Gasteiger partial charge is 0.261 e. The first-order valence-electron chi connectivity index (χ1n) is 9.01. The molecule has 0 radical (unpaired) electrons. The highest BCUT2D eigenvalue weighted by Gasteiger charge is 2.16. The van der Waals surface area contributed by atoms with Gasteiger partial charge >= 0.3 is 0 Å². The number of fused-ring (bicyclic) bond motifs is 1. The van der Waals surface area contributed by atoms with Gasteiger partial charge in [0.05, 0.1) is 22.9 Å². The molecule has 0 saturated heterocycles. The van der Waals surface area contributed by atoms with Gasteiger partial charge in [-0.15, -0.1) is 0 Å². The largest absolute Gasteiger partial charge is 0.343 e. The molecule has 0 saturated carbocycles. The highest BCUT2D eigenvalue weighted by atomic mass is 16.2. The molecule has 1 aromatic carbocycles. The van der Waals surface area contributed by atoms with Gasteiger partial charge in [0.25, 0.3) is 5.56 Å². The van der Waals surface area contributed by atoms with Crippen molar-refractivity contribution in [2.75, 3.05) is 7.05 Å². The minimum Gasteiger partial charge on any atom is -0.343 e. The maximum atomic E-state index is 12.5. The summed E-state index contributed by atoms with van der Waals surface area (Å²) in [6.45, 7) is 2.46. The summed E-state index contributed by atoms with van der Waals surface area (Å²) in [6.07, 6.45) is 8.17. The number of nitrogens with zero attached hydrogens (tertiary/aromatic N) is 5. The van der Waals surface area contributed by atoms with Crippen LogP contribution in [0.15, 0.2) is 54.0 Å². The minimum atomic E-state index is -0.0718. The van der Waals surface area contributed by atoms with E-state index in [1.165, 1.54) is 0 Å². The van der Waals surface area contributed by atoms with Crippen LogP contribution >= 0.6 is 0 Å². The van der Waals surface area contributed by atoms with Crippen molar-refractivity contribution >= 4 is 16.8 Å². The topological polar surface area (TPSA) is 81.0 Å². The number of carbonyl (C=O) groups is 1. The predicted octanol–water partition coefficient (Wildman–Crippen LogP) is 2.06. The van der Waals surface area contributed by atoms with Crippen LogP contribution in [-0.4, -0.2) is 43.4 Å². The van der Waals surface area contributed by atoms with Crippen LogP contribution in [0.25, 0.3) is 10.9 Å². The molecule has 2 aromatic heterocycles. The highest BCUT2D eigenvalue weighted by Crippen LogP contribution is 2.08. The van der Waals surface area contributed by atoms with Crippen LogP contribution in [0.5, 0.6) is 0 Å². The fraction of sp³-hybridized carbons (Fsp3) is 0.350. The predicted molar refractivity (Wildman–Crippen MR) is 103 cm³/mol. The van der Waals surface area contributed by atoms with E-state index in [1.54, 1.807) is 47.5 Å². The Hall–Kier alpha value is -3.09. The number of hydrogen-bond donors (Lipinski definition) is 0. The fourth-order valence-corrected chi connectivity index (χ4v) is 2.96. The summed E-state index contributed by atoms with van der Waals surface area (Å²) in [5.74, 6) is 0.0492. The lowest BCUT2D eigenvalue weighted by Crippen LogP contribution is -2.36. The molecule has 7 nitrogen and oxygen atoms in total. The number of hydrogen-bond acceptors (Lipinski definition) is 5. The molecule has 0 aliphatic carbocycles. The number of amides is 1. The quantitative estimate of drug-likeness (QED) is 0.640. The van der Waals surface area contributed by atoms with Gasteiger partial charge in [-0.25, -0.2) is 4.98 Å². The van der Waals surface area contributed by atoms with Crippen LogP contribution in [-0.2, 0) is 17.8 Å². The third kappa shape index (κ3) is 4.55. The van der Waals surface area contributed by atoms with Gasteiger partial charge in [-0.05, 0) is 25.5 Å². The number of para-hydroxylation sites is 1. The first-order valence-corrected chi connectivity index (χ1v) is 9.01. The van der Waals surface area contributed by atoms with Gasteiger partial charge in [0.15, 0.2) is 0 Å². The normalized spacial score (nSPS) is 12.1. The molecule has 140 valence electrons. The van der Waals surface area contributed by atoms with Gasteiger partial charge in [0.2, 0.25) is 5.91 Å². The molecule has 1 atom stereocenters. The van der Waals surface area contributed by atoms with E-state index in [9.17, 15) is 9.59 Å². The summed E-state index contributed by atoms with van der Waals surface area (Å²) in [5, 5.41) is 0.598. The van der Waals surface area contributed by atoms with Gasteiger partial charge in [0, 0.05) is 51.1 Å². The number of carbonyl (C=O) groups excluding carboxylic acids is 1. The Balaban J connectivity index is 1.54. The first-order chi connectivity index (χ1) is 13.1. The van der Waals surface area contributed by atoms with Gasteiger partial charge in [-0.3, -0.25) is 24.1 Å². The molecule has 0 fully saturated rings. The Bertz CT molecular complexity index is 971. The van der Waals surface area contributed by atoms with E-state index < -0.39 is 0 Å². The molecule has 3 rings (SSSR count). The molecule has 7 heteroatoms. The van der Waals surface area contributed by atoms with E-state index in [2.05, 4.69) is 15.0 Å². The molecule has 0 aliphatic rings. The van der Waals surface area contributed by atoms with Crippen molar-refractivity contribution in [1.29, 1.82) is 0 Å². The Labute approximate surface area is 157 Å².